The lowest BCUT2D eigenvalue weighted by Crippen LogP contribution is -2.71. The van der Waals surface area contributed by atoms with E-state index < -0.39 is 23.1 Å². The second-order valence-electron chi connectivity index (χ2n) is 7.04. The van der Waals surface area contributed by atoms with Gasteiger partial charge in [0.2, 0.25) is 0 Å². The molecule has 3 aromatic rings. The molecular formula is C23H25AlO3Si. The van der Waals surface area contributed by atoms with Crippen LogP contribution in [0.3, 0.4) is 0 Å². The van der Waals surface area contributed by atoms with Gasteiger partial charge in [-0.2, -0.15) is 0 Å². The van der Waals surface area contributed by atoms with Crippen molar-refractivity contribution in [3.8, 4) is 0 Å². The molecule has 5 heteroatoms. The van der Waals surface area contributed by atoms with Gasteiger partial charge in [-0.05, 0) is 28.4 Å². The summed E-state index contributed by atoms with van der Waals surface area (Å²) in [4.78, 5) is 0. The summed E-state index contributed by atoms with van der Waals surface area (Å²) in [6.07, 6.45) is 1.90. The quantitative estimate of drug-likeness (QED) is 0.448. The lowest BCUT2D eigenvalue weighted by Gasteiger charge is -2.36. The third kappa shape index (κ3) is 4.16. The molecule has 3 aromatic carbocycles. The topological polar surface area (TPSA) is 27.7 Å². The zero-order valence-corrected chi connectivity index (χ0v) is 18.3. The maximum absolute atomic E-state index is 7.03. The molecule has 0 aromatic heterocycles. The molecule has 1 unspecified atom stereocenters. The minimum absolute atomic E-state index is 0.115. The van der Waals surface area contributed by atoms with Crippen LogP contribution in [0.25, 0.3) is 0 Å². The molecule has 142 valence electrons. The van der Waals surface area contributed by atoms with Crippen LogP contribution in [0.2, 0.25) is 5.79 Å². The monoisotopic (exact) mass is 404 g/mol. The van der Waals surface area contributed by atoms with Gasteiger partial charge in [0.25, 0.3) is 8.32 Å². The predicted molar refractivity (Wildman–Crippen MR) is 117 cm³/mol. The van der Waals surface area contributed by atoms with Gasteiger partial charge in [0, 0.05) is 6.61 Å². The van der Waals surface area contributed by atoms with Gasteiger partial charge in [-0.1, -0.05) is 96.8 Å². The van der Waals surface area contributed by atoms with Crippen LogP contribution in [-0.2, 0) is 12.0 Å². The van der Waals surface area contributed by atoms with E-state index in [0.29, 0.717) is 0 Å². The highest BCUT2D eigenvalue weighted by Gasteiger charge is 2.45. The summed E-state index contributed by atoms with van der Waals surface area (Å²) < 4.78 is 19.0. The van der Waals surface area contributed by atoms with Crippen LogP contribution in [0.15, 0.2) is 91.0 Å². The molecule has 0 aliphatic carbocycles. The smallest absolute Gasteiger partial charge is 0.513 e. The van der Waals surface area contributed by atoms with Crippen molar-refractivity contribution >= 4 is 38.7 Å². The van der Waals surface area contributed by atoms with Crippen molar-refractivity contribution in [3.63, 3.8) is 0 Å². The van der Waals surface area contributed by atoms with E-state index in [0.717, 1.165) is 19.4 Å². The molecule has 0 spiro atoms. The molecule has 0 bridgehead atoms. The Balaban J connectivity index is 1.80. The van der Waals surface area contributed by atoms with Crippen molar-refractivity contribution in [2.45, 2.75) is 24.9 Å². The number of hydrogen-bond donors (Lipinski definition) is 0. The summed E-state index contributed by atoms with van der Waals surface area (Å²) in [7, 11) is -2.68. The van der Waals surface area contributed by atoms with Gasteiger partial charge in [-0.15, -0.1) is 0 Å². The largest absolute Gasteiger partial charge is 0.662 e. The van der Waals surface area contributed by atoms with Gasteiger partial charge in [-0.3, -0.25) is 0 Å². The third-order valence-corrected chi connectivity index (χ3v) is 12.0. The van der Waals surface area contributed by atoms with Gasteiger partial charge < -0.3 is 12.0 Å². The first kappa shape index (κ1) is 19.6. The van der Waals surface area contributed by atoms with Crippen LogP contribution < -0.4 is 15.6 Å². The Labute approximate surface area is 173 Å². The molecule has 1 saturated heterocycles. The summed E-state index contributed by atoms with van der Waals surface area (Å²) in [6, 6.07) is 31.9. The molecular weight excluding hydrogens is 379 g/mol. The second kappa shape index (κ2) is 9.19. The van der Waals surface area contributed by atoms with E-state index in [4.69, 9.17) is 12.0 Å². The fourth-order valence-corrected chi connectivity index (χ4v) is 11.3. The van der Waals surface area contributed by atoms with Crippen molar-refractivity contribution in [1.29, 1.82) is 0 Å². The SMILES string of the molecule is [CH3][Al]([O]C1CCCO1)[O][Si](c1ccccc1)(c1ccccc1)c1ccccc1. The summed E-state index contributed by atoms with van der Waals surface area (Å²) in [5, 5.41) is 3.72. The fraction of sp³-hybridized carbons (Fsp3) is 0.217. The predicted octanol–water partition coefficient (Wildman–Crippen LogP) is 2.94. The van der Waals surface area contributed by atoms with Crippen LogP contribution in [0, 0.1) is 0 Å². The van der Waals surface area contributed by atoms with Gasteiger partial charge in [0.15, 0.2) is 0 Å². The molecule has 0 N–H and O–H groups in total. The second-order valence-corrected chi connectivity index (χ2v) is 12.5. The Kier molecular flexibility index (Phi) is 6.43. The van der Waals surface area contributed by atoms with Gasteiger partial charge in [0.05, 0.1) is 0 Å². The first-order valence-electron chi connectivity index (χ1n) is 9.90. The molecule has 3 nitrogen and oxygen atoms in total. The van der Waals surface area contributed by atoms with E-state index in [-0.39, 0.29) is 6.29 Å². The highest BCUT2D eigenvalue weighted by molar-refractivity contribution is 7.09. The van der Waals surface area contributed by atoms with Crippen LogP contribution in [0.1, 0.15) is 12.8 Å². The van der Waals surface area contributed by atoms with Gasteiger partial charge in [0.1, 0.15) is 6.29 Å². The average Bonchev–Trinajstić information content (AvgIpc) is 3.27. The van der Waals surface area contributed by atoms with Crippen molar-refractivity contribution in [2.75, 3.05) is 6.61 Å². The first-order chi connectivity index (χ1) is 13.8. The van der Waals surface area contributed by atoms with Crippen LogP contribution in [-0.4, -0.2) is 36.0 Å². The number of hydrogen-bond acceptors (Lipinski definition) is 3. The van der Waals surface area contributed by atoms with E-state index in [9.17, 15) is 0 Å². The highest BCUT2D eigenvalue weighted by Crippen LogP contribution is 2.17. The van der Waals surface area contributed by atoms with Crippen molar-refractivity contribution < 1.29 is 12.0 Å². The maximum Gasteiger partial charge on any atom is 0.662 e. The molecule has 1 heterocycles. The van der Waals surface area contributed by atoms with E-state index >= 15 is 0 Å². The number of ether oxygens (including phenoxy) is 1. The fourth-order valence-electron chi connectivity index (χ4n) is 3.87. The normalized spacial score (nSPS) is 16.8. The van der Waals surface area contributed by atoms with Crippen LogP contribution >= 0.6 is 0 Å². The van der Waals surface area contributed by atoms with E-state index in [1.807, 2.05) is 0 Å². The minimum atomic E-state index is -2.68. The summed E-state index contributed by atoms with van der Waals surface area (Å²) in [6.45, 7) is 0.782. The zero-order chi connectivity index (χ0) is 19.2. The molecule has 1 fully saturated rings. The molecule has 28 heavy (non-hydrogen) atoms. The summed E-state index contributed by atoms with van der Waals surface area (Å²) in [5.41, 5.74) is 0. The first-order valence-corrected chi connectivity index (χ1v) is 13.9. The molecule has 0 radical (unpaired) electrons. The third-order valence-electron chi connectivity index (χ3n) is 5.12. The van der Waals surface area contributed by atoms with E-state index in [1.165, 1.54) is 15.6 Å². The lowest BCUT2D eigenvalue weighted by molar-refractivity contribution is -0.0493. The van der Waals surface area contributed by atoms with Crippen molar-refractivity contribution in [3.05, 3.63) is 91.0 Å². The lowest BCUT2D eigenvalue weighted by atomic mass is 10.3. The molecule has 1 aliphatic heterocycles. The molecule has 4 rings (SSSR count). The number of benzene rings is 3. The Morgan fingerprint density at radius 3 is 1.64 bits per heavy atom. The zero-order valence-electron chi connectivity index (χ0n) is 16.2. The van der Waals surface area contributed by atoms with Crippen molar-refractivity contribution in [1.82, 2.24) is 0 Å². The molecule has 1 aliphatic rings. The number of rotatable bonds is 7. The van der Waals surface area contributed by atoms with Gasteiger partial charge >= 0.3 is 14.8 Å². The highest BCUT2D eigenvalue weighted by atomic mass is 28.4. The van der Waals surface area contributed by atoms with Crippen LogP contribution in [0.4, 0.5) is 0 Å². The molecule has 0 amide bonds. The Hall–Kier alpha value is -1.71. The Bertz CT molecular complexity index is 758. The molecule has 0 saturated carbocycles. The molecule has 1 atom stereocenters. The van der Waals surface area contributed by atoms with E-state index in [2.05, 4.69) is 96.8 Å². The van der Waals surface area contributed by atoms with Gasteiger partial charge in [-0.25, -0.2) is 0 Å². The standard InChI is InChI=1S/C18H15OSi.C4H7O2.CH3.Al/c19-20(16-10-4-1-5-11-16,17-12-6-2-7-13-17)18-14-8-3-9-15-18;5-4-2-1-3-6-4;;/h1-15H;4H,1-3H2;1H3;/q2*-1;;+2. The summed E-state index contributed by atoms with van der Waals surface area (Å²) in [5.74, 6) is 2.12. The Morgan fingerprint density at radius 1 is 0.786 bits per heavy atom. The van der Waals surface area contributed by atoms with Crippen molar-refractivity contribution in [2.24, 2.45) is 0 Å². The van der Waals surface area contributed by atoms with E-state index in [1.54, 1.807) is 0 Å². The van der Waals surface area contributed by atoms with Crippen LogP contribution in [0.5, 0.6) is 0 Å². The maximum atomic E-state index is 7.03. The Morgan fingerprint density at radius 2 is 1.25 bits per heavy atom. The average molecular weight is 405 g/mol. The summed E-state index contributed by atoms with van der Waals surface area (Å²) >= 11 is -1.95. The minimum Gasteiger partial charge on any atom is -0.513 e.